The molecule has 1 atom stereocenters. The van der Waals surface area contributed by atoms with E-state index in [9.17, 15) is 24.3 Å². The number of aromatic carboxylic acids is 1. The molecule has 35 heavy (non-hydrogen) atoms. The van der Waals surface area contributed by atoms with E-state index in [1.54, 1.807) is 27.7 Å². The van der Waals surface area contributed by atoms with Crippen molar-refractivity contribution >= 4 is 34.5 Å². The van der Waals surface area contributed by atoms with Crippen LogP contribution in [0.1, 0.15) is 38.1 Å². The highest BCUT2D eigenvalue weighted by molar-refractivity contribution is 6.02. The lowest BCUT2D eigenvalue weighted by molar-refractivity contribution is -0.203. The number of fused-ring (bicyclic) bond motifs is 1. The molecule has 1 aliphatic rings. The molecule has 0 unspecified atom stereocenters. The summed E-state index contributed by atoms with van der Waals surface area (Å²) in [6, 6.07) is 2.19. The Labute approximate surface area is 199 Å². The summed E-state index contributed by atoms with van der Waals surface area (Å²) >= 11 is 0. The van der Waals surface area contributed by atoms with E-state index in [-0.39, 0.29) is 43.0 Å². The van der Waals surface area contributed by atoms with Gasteiger partial charge in [0.1, 0.15) is 17.1 Å². The number of carbonyl (C=O) groups excluding carboxylic acids is 2. The van der Waals surface area contributed by atoms with Crippen LogP contribution in [0, 0.1) is 11.2 Å². The van der Waals surface area contributed by atoms with Crippen LogP contribution in [0.3, 0.4) is 0 Å². The van der Waals surface area contributed by atoms with Crippen molar-refractivity contribution in [2.24, 2.45) is 5.41 Å². The first kappa shape index (κ1) is 26.1. The van der Waals surface area contributed by atoms with Gasteiger partial charge < -0.3 is 23.9 Å². The van der Waals surface area contributed by atoms with Crippen molar-refractivity contribution in [3.8, 4) is 0 Å². The predicted octanol–water partition coefficient (Wildman–Crippen LogP) is 2.09. The zero-order chi connectivity index (χ0) is 25.9. The molecule has 0 radical (unpaired) electrons. The normalized spacial score (nSPS) is 16.9. The zero-order valence-electron chi connectivity index (χ0n) is 19.8. The number of carboxylic acids is 1. The summed E-state index contributed by atoms with van der Waals surface area (Å²) in [4.78, 5) is 55.8. The van der Waals surface area contributed by atoms with E-state index in [0.717, 1.165) is 11.1 Å². The molecule has 1 saturated heterocycles. The van der Waals surface area contributed by atoms with Gasteiger partial charge in [0.15, 0.2) is 0 Å². The second-order valence-electron chi connectivity index (χ2n) is 7.63. The quantitative estimate of drug-likeness (QED) is 0.408. The first-order chi connectivity index (χ1) is 16.7. The molecule has 1 aliphatic heterocycles. The molecule has 11 nitrogen and oxygen atoms in total. The maximum absolute atomic E-state index is 15.3. The van der Waals surface area contributed by atoms with Crippen LogP contribution in [0.5, 0.6) is 0 Å². The Morgan fingerprint density at radius 2 is 1.74 bits per heavy atom. The van der Waals surface area contributed by atoms with E-state index in [1.165, 1.54) is 16.8 Å². The molecule has 2 aromatic rings. The number of hydroxylamine groups is 1. The van der Waals surface area contributed by atoms with Crippen LogP contribution < -0.4 is 10.5 Å². The number of halogens is 1. The summed E-state index contributed by atoms with van der Waals surface area (Å²) in [5, 5.41) is 10.2. The van der Waals surface area contributed by atoms with Crippen molar-refractivity contribution < 1.29 is 42.9 Å². The first-order valence-electron chi connectivity index (χ1n) is 11.2. The Morgan fingerprint density at radius 1 is 1.11 bits per heavy atom. The molecule has 0 aliphatic carbocycles. The number of esters is 2. The predicted molar refractivity (Wildman–Crippen MR) is 120 cm³/mol. The van der Waals surface area contributed by atoms with Crippen LogP contribution in [-0.4, -0.2) is 60.2 Å². The van der Waals surface area contributed by atoms with Crippen LogP contribution in [0.25, 0.3) is 10.9 Å². The maximum Gasteiger partial charge on any atom is 0.341 e. The Hall–Kier alpha value is -3.51. The Kier molecular flexibility index (Phi) is 7.76. The van der Waals surface area contributed by atoms with Gasteiger partial charge in [0.2, 0.25) is 17.1 Å². The highest BCUT2D eigenvalue weighted by Crippen LogP contribution is 2.41. The maximum atomic E-state index is 15.3. The number of benzene rings is 1. The number of anilines is 1. The molecule has 1 aromatic heterocycles. The third-order valence-electron chi connectivity index (χ3n) is 5.60. The minimum absolute atomic E-state index is 0.0299. The fraction of sp³-hybridized carbons (Fsp3) is 0.478. The zero-order valence-corrected chi connectivity index (χ0v) is 19.8. The van der Waals surface area contributed by atoms with Gasteiger partial charge in [0.25, 0.3) is 0 Å². The van der Waals surface area contributed by atoms with Crippen LogP contribution in [0.2, 0.25) is 0 Å². The summed E-state index contributed by atoms with van der Waals surface area (Å²) in [6.45, 7) is 6.28. The van der Waals surface area contributed by atoms with Gasteiger partial charge in [-0.3, -0.25) is 14.4 Å². The molecule has 190 valence electrons. The van der Waals surface area contributed by atoms with Crippen LogP contribution in [0.15, 0.2) is 23.1 Å². The molecule has 0 spiro atoms. The van der Waals surface area contributed by atoms with Crippen molar-refractivity contribution in [2.75, 3.05) is 31.4 Å². The van der Waals surface area contributed by atoms with Crippen molar-refractivity contribution in [1.82, 2.24) is 4.57 Å². The third kappa shape index (κ3) is 4.46. The van der Waals surface area contributed by atoms with Gasteiger partial charge in [-0.1, -0.05) is 0 Å². The summed E-state index contributed by atoms with van der Waals surface area (Å²) in [6.07, 6.45) is -0.298. The molecule has 1 fully saturated rings. The Bertz CT molecular complexity index is 1190. The third-order valence-corrected chi connectivity index (χ3v) is 5.60. The van der Waals surface area contributed by atoms with Crippen molar-refractivity contribution in [3.63, 3.8) is 0 Å². The highest BCUT2D eigenvalue weighted by atomic mass is 19.1. The van der Waals surface area contributed by atoms with E-state index in [2.05, 4.69) is 0 Å². The topological polar surface area (TPSA) is 134 Å². The molecule has 1 N–H and O–H groups in total. The van der Waals surface area contributed by atoms with Gasteiger partial charge in [0, 0.05) is 24.7 Å². The van der Waals surface area contributed by atoms with E-state index in [0.29, 0.717) is 0 Å². The van der Waals surface area contributed by atoms with Crippen LogP contribution >= 0.6 is 0 Å². The Morgan fingerprint density at radius 3 is 2.26 bits per heavy atom. The lowest BCUT2D eigenvalue weighted by Gasteiger charge is -2.26. The number of pyridine rings is 1. The second-order valence-corrected chi connectivity index (χ2v) is 7.63. The molecule has 12 heteroatoms. The minimum atomic E-state index is -2.05. The lowest BCUT2D eigenvalue weighted by atomic mass is 9.87. The van der Waals surface area contributed by atoms with Gasteiger partial charge in [-0.25, -0.2) is 19.1 Å². The SMILES string of the molecule is CCOC(=O)C1(C(=O)OCC)CN(c2cc3c(cc2F)c(=O)c(C(=O)O)cn3CC)O[C@@H]1OCC. The summed E-state index contributed by atoms with van der Waals surface area (Å²) in [7, 11) is 0. The number of carboxylic acid groups (broad SMARTS) is 1. The van der Waals surface area contributed by atoms with Crippen molar-refractivity contribution in [1.29, 1.82) is 0 Å². The van der Waals surface area contributed by atoms with Gasteiger partial charge >= 0.3 is 17.9 Å². The van der Waals surface area contributed by atoms with Gasteiger partial charge in [0.05, 0.1) is 25.3 Å². The fourth-order valence-corrected chi connectivity index (χ4v) is 3.94. The molecule has 2 heterocycles. The molecule has 1 aromatic carbocycles. The molecular formula is C23H27FN2O9. The van der Waals surface area contributed by atoms with Gasteiger partial charge in [-0.2, -0.15) is 0 Å². The van der Waals surface area contributed by atoms with Crippen LogP contribution in [0.4, 0.5) is 10.1 Å². The number of ether oxygens (including phenoxy) is 3. The first-order valence-corrected chi connectivity index (χ1v) is 11.2. The van der Waals surface area contributed by atoms with E-state index >= 15 is 4.39 Å². The fourth-order valence-electron chi connectivity index (χ4n) is 3.94. The highest BCUT2D eigenvalue weighted by Gasteiger charge is 2.63. The number of rotatable bonds is 9. The number of aryl methyl sites for hydroxylation is 1. The standard InChI is InChI=1S/C23H27FN2O9/c1-5-25-11-14(19(28)29)18(27)13-9-15(24)17(10-16(13)25)26-12-23(20(30)32-6-2,21(31)33-7-3)22(35-26)34-8-4/h9-11,22H,5-8,12H2,1-4H3,(H,28,29)/t22-/m0/s1. The van der Waals surface area contributed by atoms with Crippen molar-refractivity contribution in [2.45, 2.75) is 40.5 Å². The average molecular weight is 494 g/mol. The van der Waals surface area contributed by atoms with Crippen molar-refractivity contribution in [3.05, 3.63) is 39.9 Å². The van der Waals surface area contributed by atoms with Gasteiger partial charge in [-0.15, -0.1) is 0 Å². The van der Waals surface area contributed by atoms with Crippen LogP contribution in [-0.2, 0) is 35.2 Å². The number of nitrogens with zero attached hydrogens (tertiary/aromatic N) is 2. The monoisotopic (exact) mass is 494 g/mol. The lowest BCUT2D eigenvalue weighted by Crippen LogP contribution is -2.51. The molecular weight excluding hydrogens is 467 g/mol. The molecule has 3 rings (SSSR count). The van der Waals surface area contributed by atoms with E-state index in [1.807, 2.05) is 0 Å². The number of hydrogen-bond acceptors (Lipinski definition) is 9. The number of hydrogen-bond donors (Lipinski definition) is 1. The summed E-state index contributed by atoms with van der Waals surface area (Å²) in [5.41, 5.74) is -3.35. The van der Waals surface area contributed by atoms with E-state index < -0.39 is 53.0 Å². The smallest absolute Gasteiger partial charge is 0.341 e. The second kappa shape index (κ2) is 10.4. The molecule has 0 amide bonds. The minimum Gasteiger partial charge on any atom is -0.477 e. The summed E-state index contributed by atoms with van der Waals surface area (Å²) < 4.78 is 32.5. The average Bonchev–Trinajstić information content (AvgIpc) is 3.20. The molecule has 0 bridgehead atoms. The number of carbonyl (C=O) groups is 3. The number of aromatic nitrogens is 1. The molecule has 0 saturated carbocycles. The Balaban J connectivity index is 2.18. The van der Waals surface area contributed by atoms with Gasteiger partial charge in [-0.05, 0) is 39.8 Å². The largest absolute Gasteiger partial charge is 0.477 e. The van der Waals surface area contributed by atoms with E-state index in [4.69, 9.17) is 19.0 Å². The summed E-state index contributed by atoms with van der Waals surface area (Å²) in [5.74, 6) is -4.26.